The molecule has 0 aliphatic heterocycles. The van der Waals surface area contributed by atoms with E-state index in [1.165, 1.54) is 0 Å². The zero-order chi connectivity index (χ0) is 6.53. The Labute approximate surface area is 53.1 Å². The van der Waals surface area contributed by atoms with Crippen LogP contribution in [-0.4, -0.2) is 10.2 Å². The lowest BCUT2D eigenvalue weighted by molar-refractivity contribution is 0.709. The van der Waals surface area contributed by atoms with E-state index < -0.39 is 0 Å². The molecule has 4 nitrogen and oxygen atoms in total. The quantitative estimate of drug-likeness (QED) is 0.552. The van der Waals surface area contributed by atoms with Crippen LogP contribution in [0.15, 0.2) is 18.5 Å². The van der Waals surface area contributed by atoms with E-state index in [1.807, 2.05) is 6.07 Å². The van der Waals surface area contributed by atoms with Crippen LogP contribution in [-0.2, 0) is 6.54 Å². The highest BCUT2D eigenvalue weighted by atomic mass is 15.2. The third-order valence-corrected chi connectivity index (χ3v) is 0.938. The molecule has 1 heterocycles. The lowest BCUT2D eigenvalue weighted by Gasteiger charge is -1.93. The standard InChI is InChI=1S/C5H7N4/c6-7-3-5-1-2-8-9-4-5/h1-2,4,6-7H,3H2. The molecule has 9 heavy (non-hydrogen) atoms. The molecule has 0 spiro atoms. The summed E-state index contributed by atoms with van der Waals surface area (Å²) in [4.78, 5) is 0. The number of nitrogens with one attached hydrogen (secondary N) is 2. The molecule has 0 saturated carbocycles. The van der Waals surface area contributed by atoms with Crippen LogP contribution in [0.5, 0.6) is 0 Å². The summed E-state index contributed by atoms with van der Waals surface area (Å²) >= 11 is 0. The molecule has 1 rings (SSSR count). The lowest BCUT2D eigenvalue weighted by Crippen LogP contribution is -2.08. The van der Waals surface area contributed by atoms with Gasteiger partial charge in [-0.15, -0.1) is 0 Å². The molecule has 0 aliphatic carbocycles. The van der Waals surface area contributed by atoms with Gasteiger partial charge in [0, 0.05) is 12.7 Å². The van der Waals surface area contributed by atoms with Crippen molar-refractivity contribution in [3.63, 3.8) is 0 Å². The molecule has 1 aromatic rings. The summed E-state index contributed by atoms with van der Waals surface area (Å²) in [6.45, 7) is 0.523. The van der Waals surface area contributed by atoms with E-state index in [4.69, 9.17) is 5.84 Å². The minimum absolute atomic E-state index is 0.523. The first kappa shape index (κ1) is 6.12. The Balaban J connectivity index is 2.61. The first-order chi connectivity index (χ1) is 4.43. The van der Waals surface area contributed by atoms with Gasteiger partial charge in [-0.05, 0) is 11.6 Å². The highest BCUT2D eigenvalue weighted by Crippen LogP contribution is 1.90. The maximum absolute atomic E-state index is 6.64. The number of nitrogens with zero attached hydrogens (tertiary/aromatic N) is 2. The van der Waals surface area contributed by atoms with Crippen molar-refractivity contribution in [3.8, 4) is 0 Å². The Morgan fingerprint density at radius 1 is 1.56 bits per heavy atom. The van der Waals surface area contributed by atoms with Gasteiger partial charge in [0.25, 0.3) is 0 Å². The first-order valence-electron chi connectivity index (χ1n) is 2.58. The highest BCUT2D eigenvalue weighted by Gasteiger charge is 1.86. The minimum Gasteiger partial charge on any atom is -0.239 e. The second-order valence-corrected chi connectivity index (χ2v) is 1.60. The third kappa shape index (κ3) is 1.75. The molecule has 1 radical (unpaired) electrons. The van der Waals surface area contributed by atoms with E-state index >= 15 is 0 Å². The summed E-state index contributed by atoms with van der Waals surface area (Å²) in [6.07, 6.45) is 3.23. The summed E-state index contributed by atoms with van der Waals surface area (Å²) in [7, 11) is 0. The van der Waals surface area contributed by atoms with Crippen LogP contribution in [0.2, 0.25) is 0 Å². The van der Waals surface area contributed by atoms with Crippen LogP contribution in [0, 0.1) is 0 Å². The zero-order valence-electron chi connectivity index (χ0n) is 4.83. The zero-order valence-corrected chi connectivity index (χ0v) is 4.83. The molecule has 0 amide bonds. The number of aromatic nitrogens is 2. The van der Waals surface area contributed by atoms with E-state index in [-0.39, 0.29) is 0 Å². The topological polar surface area (TPSA) is 61.6 Å². The predicted molar refractivity (Wildman–Crippen MR) is 32.0 cm³/mol. The Morgan fingerprint density at radius 2 is 2.44 bits per heavy atom. The number of hydrogen-bond donors (Lipinski definition) is 1. The number of rotatable bonds is 2. The van der Waals surface area contributed by atoms with Crippen LogP contribution < -0.4 is 11.3 Å². The monoisotopic (exact) mass is 123 g/mol. The molecule has 0 fully saturated rings. The fourth-order valence-electron chi connectivity index (χ4n) is 0.525. The van der Waals surface area contributed by atoms with Gasteiger partial charge in [-0.25, -0.2) is 5.43 Å². The molecule has 0 bridgehead atoms. The average Bonchev–Trinajstić information content (AvgIpc) is 1.91. The third-order valence-electron chi connectivity index (χ3n) is 0.938. The van der Waals surface area contributed by atoms with Gasteiger partial charge in [0.05, 0.1) is 6.20 Å². The van der Waals surface area contributed by atoms with Crippen molar-refractivity contribution in [2.75, 3.05) is 0 Å². The summed E-state index contributed by atoms with van der Waals surface area (Å²) in [5.41, 5.74) is 3.24. The largest absolute Gasteiger partial charge is 0.239 e. The second kappa shape index (κ2) is 3.11. The summed E-state index contributed by atoms with van der Waals surface area (Å²) in [5, 5.41) is 7.22. The van der Waals surface area contributed by atoms with Crippen molar-refractivity contribution in [1.82, 2.24) is 21.5 Å². The molecule has 2 N–H and O–H groups in total. The Bertz CT molecular complexity index is 162. The van der Waals surface area contributed by atoms with E-state index in [9.17, 15) is 0 Å². The fourth-order valence-corrected chi connectivity index (χ4v) is 0.525. The summed E-state index contributed by atoms with van der Waals surface area (Å²) in [5.74, 6) is 6.64. The average molecular weight is 123 g/mol. The van der Waals surface area contributed by atoms with Crippen molar-refractivity contribution < 1.29 is 0 Å². The van der Waals surface area contributed by atoms with Crippen LogP contribution in [0.25, 0.3) is 0 Å². The van der Waals surface area contributed by atoms with Gasteiger partial charge in [0.2, 0.25) is 0 Å². The summed E-state index contributed by atoms with van der Waals surface area (Å²) in [6, 6.07) is 1.81. The maximum atomic E-state index is 6.64. The molecule has 0 unspecified atom stereocenters. The number of hydrogen-bond acceptors (Lipinski definition) is 3. The van der Waals surface area contributed by atoms with E-state index in [2.05, 4.69) is 15.6 Å². The van der Waals surface area contributed by atoms with E-state index in [1.54, 1.807) is 12.4 Å². The molecule has 0 aromatic carbocycles. The predicted octanol–water partition coefficient (Wildman–Crippen LogP) is -0.236. The molecule has 1 aromatic heterocycles. The molecular formula is C5H7N4. The maximum Gasteiger partial charge on any atom is 0.0541 e. The van der Waals surface area contributed by atoms with Gasteiger partial charge in [-0.1, -0.05) is 0 Å². The van der Waals surface area contributed by atoms with Crippen molar-refractivity contribution in [3.05, 3.63) is 24.0 Å². The van der Waals surface area contributed by atoms with Gasteiger partial charge in [-0.3, -0.25) is 0 Å². The van der Waals surface area contributed by atoms with Crippen molar-refractivity contribution in [2.45, 2.75) is 6.54 Å². The summed E-state index contributed by atoms with van der Waals surface area (Å²) < 4.78 is 0. The molecule has 4 heteroatoms. The normalized spacial score (nSPS) is 9.44. The van der Waals surface area contributed by atoms with E-state index in [0.29, 0.717) is 6.54 Å². The van der Waals surface area contributed by atoms with Crippen molar-refractivity contribution >= 4 is 0 Å². The SMILES string of the molecule is [NH]NCc1ccnnc1. The van der Waals surface area contributed by atoms with Crippen LogP contribution in [0.4, 0.5) is 0 Å². The van der Waals surface area contributed by atoms with Crippen LogP contribution in [0.3, 0.4) is 0 Å². The van der Waals surface area contributed by atoms with Gasteiger partial charge >= 0.3 is 0 Å². The van der Waals surface area contributed by atoms with Crippen LogP contribution in [0.1, 0.15) is 5.56 Å². The molecular weight excluding hydrogens is 116 g/mol. The van der Waals surface area contributed by atoms with Gasteiger partial charge < -0.3 is 0 Å². The van der Waals surface area contributed by atoms with Gasteiger partial charge in [0.15, 0.2) is 0 Å². The highest BCUT2D eigenvalue weighted by molar-refractivity contribution is 5.03. The van der Waals surface area contributed by atoms with Crippen molar-refractivity contribution in [2.24, 2.45) is 0 Å². The smallest absolute Gasteiger partial charge is 0.0541 e. The molecule has 0 atom stereocenters. The lowest BCUT2D eigenvalue weighted by atomic mass is 10.3. The van der Waals surface area contributed by atoms with Crippen LogP contribution >= 0.6 is 0 Å². The molecule has 0 aliphatic rings. The Morgan fingerprint density at radius 3 is 3.00 bits per heavy atom. The van der Waals surface area contributed by atoms with Gasteiger partial charge in [-0.2, -0.15) is 16.0 Å². The first-order valence-corrected chi connectivity index (χ1v) is 2.58. The Kier molecular flexibility index (Phi) is 2.12. The molecule has 0 saturated heterocycles. The van der Waals surface area contributed by atoms with Crippen molar-refractivity contribution in [1.29, 1.82) is 0 Å². The Hall–Kier alpha value is -1.00. The van der Waals surface area contributed by atoms with E-state index in [0.717, 1.165) is 5.56 Å². The minimum atomic E-state index is 0.523. The molecule has 47 valence electrons. The second-order valence-electron chi connectivity index (χ2n) is 1.60. The van der Waals surface area contributed by atoms with Gasteiger partial charge in [0.1, 0.15) is 0 Å². The fraction of sp³-hybridized carbons (Fsp3) is 0.200.